The number of benzene rings is 1. The van der Waals surface area contributed by atoms with E-state index in [4.69, 9.17) is 14.0 Å². The average molecular weight is 609 g/mol. The quantitative estimate of drug-likeness (QED) is 0.248. The summed E-state index contributed by atoms with van der Waals surface area (Å²) in [4.78, 5) is 55.3. The Morgan fingerprint density at radius 2 is 1.68 bits per heavy atom. The molecule has 4 rings (SSSR count). The lowest BCUT2D eigenvalue weighted by atomic mass is 9.93. The Hall–Kier alpha value is -4.12. The Bertz CT molecular complexity index is 1340. The topological polar surface area (TPSA) is 179 Å². The molecule has 44 heavy (non-hydrogen) atoms. The highest BCUT2D eigenvalue weighted by Gasteiger charge is 2.50. The molecular formula is C31H40N6O7. The van der Waals surface area contributed by atoms with Crippen LogP contribution in [0.1, 0.15) is 55.4 Å². The van der Waals surface area contributed by atoms with Crippen LogP contribution in [0, 0.1) is 17.2 Å². The number of epoxide rings is 1. The number of hydrogen-bond acceptors (Lipinski definition) is 10. The minimum atomic E-state index is -1.27. The molecule has 2 saturated heterocycles. The lowest BCUT2D eigenvalue weighted by Gasteiger charge is -2.26. The van der Waals surface area contributed by atoms with Gasteiger partial charge >= 0.3 is 0 Å². The van der Waals surface area contributed by atoms with E-state index in [9.17, 15) is 24.4 Å². The number of Topliss-reactive ketones (excluding diaryl/α,β-unsaturated/α-hetero) is 1. The zero-order valence-electron chi connectivity index (χ0n) is 25.3. The van der Waals surface area contributed by atoms with Crippen LogP contribution < -0.4 is 16.0 Å². The van der Waals surface area contributed by atoms with E-state index in [1.165, 1.54) is 6.07 Å². The van der Waals surface area contributed by atoms with Gasteiger partial charge in [-0.25, -0.2) is 0 Å². The first-order valence-corrected chi connectivity index (χ1v) is 14.8. The second kappa shape index (κ2) is 15.1. The Labute approximate surface area is 256 Å². The van der Waals surface area contributed by atoms with Crippen molar-refractivity contribution in [3.63, 3.8) is 0 Å². The number of ether oxygens (including phenoxy) is 2. The smallest absolute Gasteiger partial charge is 0.274 e. The van der Waals surface area contributed by atoms with E-state index in [1.54, 1.807) is 6.92 Å². The minimum Gasteiger partial charge on any atom is -0.379 e. The summed E-state index contributed by atoms with van der Waals surface area (Å²) in [6.07, 6.45) is 0.171. The van der Waals surface area contributed by atoms with Crippen LogP contribution in [0.15, 0.2) is 40.9 Å². The summed E-state index contributed by atoms with van der Waals surface area (Å²) < 4.78 is 16.0. The molecule has 1 aromatic heterocycles. The van der Waals surface area contributed by atoms with Gasteiger partial charge in [-0.05, 0) is 24.8 Å². The summed E-state index contributed by atoms with van der Waals surface area (Å²) in [6.45, 7) is 8.99. The van der Waals surface area contributed by atoms with Crippen molar-refractivity contribution in [1.82, 2.24) is 26.0 Å². The third kappa shape index (κ3) is 9.19. The Balaban J connectivity index is 1.45. The molecule has 1 aromatic carbocycles. The van der Waals surface area contributed by atoms with Crippen LogP contribution in [0.25, 0.3) is 0 Å². The van der Waals surface area contributed by atoms with Crippen molar-refractivity contribution in [2.24, 2.45) is 5.92 Å². The first-order chi connectivity index (χ1) is 21.1. The number of carbonyl (C=O) groups excluding carboxylic acids is 4. The van der Waals surface area contributed by atoms with Crippen LogP contribution in [-0.2, 0) is 36.8 Å². The number of nitrogens with zero attached hydrogens (tertiary/aromatic N) is 3. The largest absolute Gasteiger partial charge is 0.379 e. The third-order valence-electron chi connectivity index (χ3n) is 7.55. The summed E-state index contributed by atoms with van der Waals surface area (Å²) in [5.74, 6) is -1.61. The van der Waals surface area contributed by atoms with Crippen molar-refractivity contribution < 1.29 is 33.2 Å². The van der Waals surface area contributed by atoms with E-state index in [0.29, 0.717) is 31.9 Å². The Kier molecular flexibility index (Phi) is 11.2. The molecule has 0 radical (unpaired) electrons. The maximum absolute atomic E-state index is 13.6. The van der Waals surface area contributed by atoms with Gasteiger partial charge in [-0.2, -0.15) is 5.26 Å². The zero-order valence-corrected chi connectivity index (χ0v) is 25.3. The monoisotopic (exact) mass is 608 g/mol. The molecular weight excluding hydrogens is 568 g/mol. The highest BCUT2D eigenvalue weighted by molar-refractivity contribution is 5.99. The summed E-state index contributed by atoms with van der Waals surface area (Å²) in [5.41, 5.74) is -0.196. The number of amides is 3. The van der Waals surface area contributed by atoms with E-state index >= 15 is 0 Å². The second-order valence-corrected chi connectivity index (χ2v) is 11.8. The summed E-state index contributed by atoms with van der Waals surface area (Å²) in [6, 6.07) is 9.32. The number of morpholine rings is 1. The number of carbonyl (C=O) groups is 4. The molecule has 2 aromatic rings. The first kappa shape index (κ1) is 32.8. The van der Waals surface area contributed by atoms with Crippen LogP contribution in [0.2, 0.25) is 0 Å². The van der Waals surface area contributed by atoms with Crippen molar-refractivity contribution in [1.29, 1.82) is 5.26 Å². The Morgan fingerprint density at radius 1 is 1.02 bits per heavy atom. The highest BCUT2D eigenvalue weighted by atomic mass is 16.6. The molecule has 13 nitrogen and oxygen atoms in total. The Morgan fingerprint density at radius 3 is 2.32 bits per heavy atom. The van der Waals surface area contributed by atoms with Gasteiger partial charge in [0.2, 0.25) is 11.8 Å². The van der Waals surface area contributed by atoms with Gasteiger partial charge in [-0.1, -0.05) is 49.3 Å². The molecule has 2 aliphatic rings. The molecule has 3 heterocycles. The van der Waals surface area contributed by atoms with Gasteiger partial charge in [-0.15, -0.1) is 0 Å². The van der Waals surface area contributed by atoms with E-state index in [2.05, 4.69) is 26.0 Å². The summed E-state index contributed by atoms with van der Waals surface area (Å²) in [7, 11) is 0. The highest BCUT2D eigenvalue weighted by Crippen LogP contribution is 2.29. The van der Waals surface area contributed by atoms with Crippen LogP contribution >= 0.6 is 0 Å². The van der Waals surface area contributed by atoms with E-state index in [0.717, 1.165) is 18.7 Å². The molecule has 0 aliphatic carbocycles. The number of nitriles is 1. The molecule has 3 amide bonds. The SMILES string of the molecule is CC(C)CC(NC(=O)[C@H](Cc1ccccc1)NC(=O)C(CC#N)NC(=O)c1cc(CN2CCOCC2)on1)C(=O)[C@@]1(C)CO1. The van der Waals surface area contributed by atoms with Crippen molar-refractivity contribution in [3.8, 4) is 6.07 Å². The fourth-order valence-corrected chi connectivity index (χ4v) is 4.93. The van der Waals surface area contributed by atoms with Gasteiger partial charge in [0.25, 0.3) is 5.91 Å². The van der Waals surface area contributed by atoms with Crippen molar-refractivity contribution >= 4 is 23.5 Å². The minimum absolute atomic E-state index is 0.0339. The predicted octanol–water partition coefficient (Wildman–Crippen LogP) is 1.14. The molecule has 2 unspecified atom stereocenters. The van der Waals surface area contributed by atoms with Crippen molar-refractivity contribution in [2.75, 3.05) is 32.9 Å². The molecule has 0 bridgehead atoms. The fraction of sp³-hybridized carbons (Fsp3) is 0.548. The number of hydrogen-bond donors (Lipinski definition) is 3. The molecule has 2 fully saturated rings. The maximum atomic E-state index is 13.6. The summed E-state index contributed by atoms with van der Waals surface area (Å²) >= 11 is 0. The van der Waals surface area contributed by atoms with Crippen molar-refractivity contribution in [2.45, 2.75) is 70.3 Å². The fourth-order valence-electron chi connectivity index (χ4n) is 4.93. The van der Waals surface area contributed by atoms with E-state index in [-0.39, 0.29) is 36.8 Å². The zero-order chi connectivity index (χ0) is 31.7. The maximum Gasteiger partial charge on any atom is 0.274 e. The normalized spacial score (nSPS) is 20.2. The molecule has 2 aliphatic heterocycles. The number of rotatable bonds is 15. The number of aromatic nitrogens is 1. The van der Waals surface area contributed by atoms with Gasteiger partial charge in [-0.3, -0.25) is 24.1 Å². The van der Waals surface area contributed by atoms with Crippen LogP contribution in [-0.4, -0.2) is 90.2 Å². The van der Waals surface area contributed by atoms with Gasteiger partial charge < -0.3 is 29.9 Å². The van der Waals surface area contributed by atoms with Crippen LogP contribution in [0.3, 0.4) is 0 Å². The molecule has 13 heteroatoms. The second-order valence-electron chi connectivity index (χ2n) is 11.8. The van der Waals surface area contributed by atoms with Gasteiger partial charge in [0.15, 0.2) is 17.2 Å². The molecule has 3 N–H and O–H groups in total. The number of nitrogens with one attached hydrogen (secondary N) is 3. The number of ketones is 1. The van der Waals surface area contributed by atoms with Crippen molar-refractivity contribution in [3.05, 3.63) is 53.4 Å². The molecule has 236 valence electrons. The molecule has 0 saturated carbocycles. The lowest BCUT2D eigenvalue weighted by Crippen LogP contribution is -2.57. The lowest BCUT2D eigenvalue weighted by molar-refractivity contribution is -0.133. The van der Waals surface area contributed by atoms with Gasteiger partial charge in [0, 0.05) is 25.6 Å². The standard InChI is InChI=1S/C31H40N6O7/c1-20(2)15-24(27(38)31(3)19-43-31)34-29(40)25(16-21-7-5-4-6-8-21)35-28(39)23(9-10-32)33-30(41)26-17-22(44-36-26)18-37-11-13-42-14-12-37/h4-8,17,20,23-25H,9,11-16,18-19H2,1-3H3,(H,33,41)(H,34,40)(H,35,39)/t23?,24?,25-,31+/m0/s1. The van der Waals surface area contributed by atoms with Crippen LogP contribution in [0.5, 0.6) is 0 Å². The summed E-state index contributed by atoms with van der Waals surface area (Å²) in [5, 5.41) is 21.3. The van der Waals surface area contributed by atoms with E-state index in [1.807, 2.05) is 50.2 Å². The van der Waals surface area contributed by atoms with Gasteiger partial charge in [0.1, 0.15) is 17.7 Å². The predicted molar refractivity (Wildman–Crippen MR) is 157 cm³/mol. The average Bonchev–Trinajstić information content (AvgIpc) is 3.59. The van der Waals surface area contributed by atoms with E-state index < -0.39 is 41.4 Å². The van der Waals surface area contributed by atoms with Gasteiger partial charge in [0.05, 0.1) is 44.9 Å². The van der Waals surface area contributed by atoms with Crippen LogP contribution in [0.4, 0.5) is 0 Å². The molecule has 4 atom stereocenters. The molecule has 0 spiro atoms. The third-order valence-corrected chi connectivity index (χ3v) is 7.55. The first-order valence-electron chi connectivity index (χ1n) is 14.8.